The van der Waals surface area contributed by atoms with Crippen LogP contribution in [0.3, 0.4) is 0 Å². The Hall–Kier alpha value is -0.930. The van der Waals surface area contributed by atoms with Crippen LogP contribution in [0.15, 0.2) is 28.9 Å². The minimum atomic E-state index is -1.35. The monoisotopic (exact) mass is 385 g/mol. The SMILES string of the molecule is CC(Cc1cccnn1)SC1=C(C(=O)[O-])N2C(=O)[C@H]([C@@H](C)O)[C@H]2[C@H]1C.[Na+]. The number of carbonyl (C=O) groups excluding carboxylic acids is 2. The number of carboxylic acids is 1. The molecule has 2 aliphatic heterocycles. The van der Waals surface area contributed by atoms with Crippen LogP contribution in [0, 0.1) is 11.8 Å². The Morgan fingerprint density at radius 2 is 2.15 bits per heavy atom. The number of carbonyl (C=O) groups is 2. The van der Waals surface area contributed by atoms with Gasteiger partial charge in [-0.15, -0.1) is 11.8 Å². The van der Waals surface area contributed by atoms with Gasteiger partial charge in [-0.05, 0) is 19.1 Å². The fraction of sp³-hybridized carbons (Fsp3) is 0.529. The normalized spacial score (nSPS) is 26.7. The molecule has 1 amide bonds. The third-order valence-electron chi connectivity index (χ3n) is 4.75. The van der Waals surface area contributed by atoms with Crippen molar-refractivity contribution in [3.8, 4) is 0 Å². The van der Waals surface area contributed by atoms with Crippen LogP contribution in [0.2, 0.25) is 0 Å². The molecule has 1 aromatic heterocycles. The molecule has 0 saturated carbocycles. The Morgan fingerprint density at radius 1 is 1.46 bits per heavy atom. The first-order valence-corrected chi connectivity index (χ1v) is 9.10. The first-order chi connectivity index (χ1) is 11.8. The molecule has 0 spiro atoms. The number of aliphatic hydroxyl groups excluding tert-OH is 1. The first-order valence-electron chi connectivity index (χ1n) is 8.22. The van der Waals surface area contributed by atoms with Gasteiger partial charge in [0.05, 0.1) is 35.4 Å². The predicted octanol–water partition coefficient (Wildman–Crippen LogP) is -3.04. The topological polar surface area (TPSA) is 106 Å². The van der Waals surface area contributed by atoms with E-state index in [9.17, 15) is 19.8 Å². The zero-order valence-corrected chi connectivity index (χ0v) is 18.1. The first kappa shape index (κ1) is 21.4. The number of amides is 1. The molecule has 1 fully saturated rings. The molecule has 9 heteroatoms. The van der Waals surface area contributed by atoms with Gasteiger partial charge in [-0.3, -0.25) is 4.79 Å². The van der Waals surface area contributed by atoms with Crippen LogP contribution < -0.4 is 34.7 Å². The smallest absolute Gasteiger partial charge is 0.543 e. The van der Waals surface area contributed by atoms with Crippen molar-refractivity contribution in [1.82, 2.24) is 15.1 Å². The van der Waals surface area contributed by atoms with Gasteiger partial charge in [0.25, 0.3) is 0 Å². The average Bonchev–Trinajstić information content (AvgIpc) is 2.77. The summed E-state index contributed by atoms with van der Waals surface area (Å²) in [5.41, 5.74) is 0.778. The number of fused-ring (bicyclic) bond motifs is 1. The third-order valence-corrected chi connectivity index (χ3v) is 6.14. The number of nitrogens with zero attached hydrogens (tertiary/aromatic N) is 3. The van der Waals surface area contributed by atoms with Gasteiger partial charge < -0.3 is 19.9 Å². The van der Waals surface area contributed by atoms with Gasteiger partial charge in [0, 0.05) is 28.7 Å². The van der Waals surface area contributed by atoms with E-state index in [0.29, 0.717) is 11.3 Å². The number of aromatic nitrogens is 2. The molecule has 26 heavy (non-hydrogen) atoms. The maximum absolute atomic E-state index is 12.3. The molecule has 7 nitrogen and oxygen atoms in total. The van der Waals surface area contributed by atoms with Crippen LogP contribution in [0.4, 0.5) is 0 Å². The van der Waals surface area contributed by atoms with Crippen molar-refractivity contribution >= 4 is 23.6 Å². The summed E-state index contributed by atoms with van der Waals surface area (Å²) in [7, 11) is 0. The summed E-state index contributed by atoms with van der Waals surface area (Å²) in [6, 6.07) is 3.37. The number of hydrogen-bond donors (Lipinski definition) is 1. The summed E-state index contributed by atoms with van der Waals surface area (Å²) >= 11 is 1.43. The number of carboxylic acid groups (broad SMARTS) is 1. The van der Waals surface area contributed by atoms with Gasteiger partial charge in [-0.25, -0.2) is 0 Å². The van der Waals surface area contributed by atoms with E-state index < -0.39 is 18.0 Å². The summed E-state index contributed by atoms with van der Waals surface area (Å²) in [4.78, 5) is 25.9. The number of aliphatic hydroxyl groups is 1. The zero-order valence-electron chi connectivity index (χ0n) is 15.2. The van der Waals surface area contributed by atoms with E-state index in [1.165, 1.54) is 16.7 Å². The van der Waals surface area contributed by atoms with Crippen LogP contribution in [0.5, 0.6) is 0 Å². The van der Waals surface area contributed by atoms with Crippen molar-refractivity contribution in [3.05, 3.63) is 34.6 Å². The number of thioether (sulfide) groups is 1. The fourth-order valence-corrected chi connectivity index (χ4v) is 5.00. The van der Waals surface area contributed by atoms with Gasteiger partial charge in [0.1, 0.15) is 0 Å². The number of hydrogen-bond acceptors (Lipinski definition) is 7. The van der Waals surface area contributed by atoms with Gasteiger partial charge in [-0.2, -0.15) is 10.2 Å². The zero-order chi connectivity index (χ0) is 18.3. The maximum atomic E-state index is 12.3. The van der Waals surface area contributed by atoms with E-state index in [1.54, 1.807) is 13.1 Å². The van der Waals surface area contributed by atoms with E-state index >= 15 is 0 Å². The second-order valence-electron chi connectivity index (χ2n) is 6.60. The molecule has 1 N–H and O–H groups in total. The number of rotatable bonds is 6. The second kappa shape index (κ2) is 8.39. The van der Waals surface area contributed by atoms with Crippen molar-refractivity contribution in [2.75, 3.05) is 0 Å². The largest absolute Gasteiger partial charge is 1.00 e. The minimum Gasteiger partial charge on any atom is -0.543 e. The van der Waals surface area contributed by atoms with Gasteiger partial charge in [0.15, 0.2) is 0 Å². The van der Waals surface area contributed by atoms with E-state index in [0.717, 1.165) is 5.69 Å². The van der Waals surface area contributed by atoms with E-state index in [2.05, 4.69) is 10.2 Å². The summed E-state index contributed by atoms with van der Waals surface area (Å²) in [6.07, 6.45) is 1.43. The van der Waals surface area contributed by atoms with Crippen LogP contribution in [-0.2, 0) is 16.0 Å². The Morgan fingerprint density at radius 3 is 2.69 bits per heavy atom. The van der Waals surface area contributed by atoms with Crippen molar-refractivity contribution < 1.29 is 49.4 Å². The van der Waals surface area contributed by atoms with Gasteiger partial charge >= 0.3 is 29.6 Å². The molecule has 134 valence electrons. The summed E-state index contributed by atoms with van der Waals surface area (Å²) < 4.78 is 0. The van der Waals surface area contributed by atoms with Crippen molar-refractivity contribution in [3.63, 3.8) is 0 Å². The Bertz CT molecular complexity index is 728. The van der Waals surface area contributed by atoms with Crippen molar-refractivity contribution in [2.24, 2.45) is 11.8 Å². The Balaban J connectivity index is 0.00000243. The molecular formula is C17H20N3NaO4S. The quantitative estimate of drug-likeness (QED) is 0.410. The van der Waals surface area contributed by atoms with Crippen molar-refractivity contribution in [2.45, 2.75) is 44.6 Å². The molecule has 0 aliphatic carbocycles. The number of β-lactam (4-membered cyclic amide) rings is 1. The Labute approximate surface area is 178 Å². The molecule has 1 saturated heterocycles. The molecule has 0 radical (unpaired) electrons. The molecule has 1 aromatic rings. The van der Waals surface area contributed by atoms with Crippen LogP contribution in [0.1, 0.15) is 26.5 Å². The van der Waals surface area contributed by atoms with Crippen LogP contribution in [0.25, 0.3) is 0 Å². The van der Waals surface area contributed by atoms with E-state index in [1.807, 2.05) is 26.0 Å². The molecular weight excluding hydrogens is 365 g/mol. The Kier molecular flexibility index (Phi) is 6.90. The van der Waals surface area contributed by atoms with Gasteiger partial charge in [-0.1, -0.05) is 13.8 Å². The summed E-state index contributed by atoms with van der Waals surface area (Å²) in [5.74, 6) is -2.40. The molecule has 3 rings (SSSR count). The molecule has 0 bridgehead atoms. The van der Waals surface area contributed by atoms with Crippen molar-refractivity contribution in [1.29, 1.82) is 0 Å². The average molecular weight is 385 g/mol. The predicted molar refractivity (Wildman–Crippen MR) is 89.8 cm³/mol. The minimum absolute atomic E-state index is 0. The molecule has 3 heterocycles. The molecule has 2 aliphatic rings. The molecule has 5 atom stereocenters. The van der Waals surface area contributed by atoms with E-state index in [4.69, 9.17) is 0 Å². The standard InChI is InChI=1S/C17H21N3O4S.Na/c1-8(7-11-5-4-6-18-19-11)25-15-9(2)13-12(10(3)21)16(22)20(13)14(15)17(23)24;/h4-6,8-10,12-13,21H,7H2,1-3H3,(H,23,24);/q;+1/p-1/t8?,9-,10-,12-,13-;/m1./s1. The second-order valence-corrected chi connectivity index (χ2v) is 8.08. The van der Waals surface area contributed by atoms with Gasteiger partial charge in [0.2, 0.25) is 5.91 Å². The molecule has 0 aromatic carbocycles. The van der Waals surface area contributed by atoms with Crippen LogP contribution in [-0.4, -0.2) is 49.5 Å². The summed E-state index contributed by atoms with van der Waals surface area (Å²) in [5, 5.41) is 29.4. The van der Waals surface area contributed by atoms with E-state index in [-0.39, 0.29) is 58.4 Å². The fourth-order valence-electron chi connectivity index (χ4n) is 3.66. The van der Waals surface area contributed by atoms with Crippen LogP contribution >= 0.6 is 11.8 Å². The third kappa shape index (κ3) is 3.71. The molecule has 1 unspecified atom stereocenters. The summed E-state index contributed by atoms with van der Waals surface area (Å²) in [6.45, 7) is 5.44. The maximum Gasteiger partial charge on any atom is 1.00 e. The number of aliphatic carboxylic acids is 1.